The number of hydrogen-bond acceptors (Lipinski definition) is 5. The molecule has 4 heterocycles. The maximum Gasteiger partial charge on any atom is 0.193 e. The molecule has 0 amide bonds. The fourth-order valence-electron chi connectivity index (χ4n) is 4.53. The molecule has 1 saturated heterocycles. The highest BCUT2D eigenvalue weighted by atomic mass is 32.1. The van der Waals surface area contributed by atoms with E-state index in [-0.39, 0.29) is 12.1 Å². The van der Waals surface area contributed by atoms with Crippen molar-refractivity contribution in [3.8, 4) is 10.9 Å². The summed E-state index contributed by atoms with van der Waals surface area (Å²) in [6.07, 6.45) is 3.67. The van der Waals surface area contributed by atoms with Crippen LogP contribution in [-0.2, 0) is 0 Å². The van der Waals surface area contributed by atoms with Gasteiger partial charge in [0.05, 0.1) is 24.4 Å². The van der Waals surface area contributed by atoms with Crippen molar-refractivity contribution in [1.82, 2.24) is 19.9 Å². The molecule has 0 unspecified atom stereocenters. The van der Waals surface area contributed by atoms with Gasteiger partial charge in [0.25, 0.3) is 0 Å². The van der Waals surface area contributed by atoms with E-state index in [0.717, 1.165) is 33.7 Å². The number of aryl methyl sites for hydroxylation is 1. The van der Waals surface area contributed by atoms with Crippen LogP contribution in [0.25, 0.3) is 5.13 Å². The molecule has 1 N–H and O–H groups in total. The van der Waals surface area contributed by atoms with Gasteiger partial charge >= 0.3 is 0 Å². The minimum absolute atomic E-state index is 0.0646. The highest BCUT2D eigenvalue weighted by molar-refractivity contribution is 7.80. The quantitative estimate of drug-likeness (QED) is 0.371. The van der Waals surface area contributed by atoms with Gasteiger partial charge in [-0.25, -0.2) is 4.98 Å². The third-order valence-electron chi connectivity index (χ3n) is 5.92. The summed E-state index contributed by atoms with van der Waals surface area (Å²) in [5, 5.41) is 7.19. The van der Waals surface area contributed by atoms with Crippen molar-refractivity contribution in [3.05, 3.63) is 88.9 Å². The summed E-state index contributed by atoms with van der Waals surface area (Å²) in [7, 11) is 0. The Bertz CT molecular complexity index is 1250. The van der Waals surface area contributed by atoms with Gasteiger partial charge in [0.2, 0.25) is 0 Å². The molecule has 0 saturated carbocycles. The second-order valence-electron chi connectivity index (χ2n) is 7.90. The molecule has 168 valence electrons. The molecule has 33 heavy (non-hydrogen) atoms. The summed E-state index contributed by atoms with van der Waals surface area (Å²) in [5.74, 6) is 0.846. The summed E-state index contributed by atoms with van der Waals surface area (Å²) >= 11 is 7.49. The molecular formula is C25H25N5OS2. The smallest absolute Gasteiger partial charge is 0.193 e. The van der Waals surface area contributed by atoms with Gasteiger partial charge in [-0.3, -0.25) is 9.55 Å². The summed E-state index contributed by atoms with van der Waals surface area (Å²) < 4.78 is 7.86. The molecule has 0 bridgehead atoms. The minimum atomic E-state index is -0.0875. The number of ether oxygens (including phenoxy) is 1. The van der Waals surface area contributed by atoms with Gasteiger partial charge in [0, 0.05) is 34.8 Å². The fraction of sp³-hybridized carbons (Fsp3) is 0.240. The average molecular weight is 476 g/mol. The molecule has 2 atom stereocenters. The maximum atomic E-state index is 5.86. The van der Waals surface area contributed by atoms with E-state index in [1.807, 2.05) is 49.0 Å². The number of pyridine rings is 1. The number of benzene rings is 1. The molecule has 1 fully saturated rings. The fourth-order valence-corrected chi connectivity index (χ4v) is 5.62. The van der Waals surface area contributed by atoms with Gasteiger partial charge in [-0.2, -0.15) is 0 Å². The Hall–Kier alpha value is -3.23. The normalized spacial score (nSPS) is 17.9. The van der Waals surface area contributed by atoms with Crippen molar-refractivity contribution in [2.24, 2.45) is 0 Å². The number of nitrogens with zero attached hydrogens (tertiary/aromatic N) is 4. The SMILES string of the molecule is CCOc1ccc(N2C(=S)N[C@@H](c3ccccn3)[C@@H]2c2cc(C)n(-c3nccs3)c2C)cc1. The zero-order valence-electron chi connectivity index (χ0n) is 18.7. The molecule has 1 aromatic carbocycles. The Morgan fingerprint density at radius 2 is 1.91 bits per heavy atom. The Labute approximate surface area is 202 Å². The van der Waals surface area contributed by atoms with E-state index in [1.54, 1.807) is 11.3 Å². The third-order valence-corrected chi connectivity index (χ3v) is 6.99. The van der Waals surface area contributed by atoms with Crippen LogP contribution in [0, 0.1) is 13.8 Å². The van der Waals surface area contributed by atoms with Crippen LogP contribution in [0.4, 0.5) is 5.69 Å². The number of thiazole rings is 1. The predicted molar refractivity (Wildman–Crippen MR) is 136 cm³/mol. The summed E-state index contributed by atoms with van der Waals surface area (Å²) in [4.78, 5) is 11.4. The van der Waals surface area contributed by atoms with Gasteiger partial charge in [-0.05, 0) is 81.0 Å². The van der Waals surface area contributed by atoms with Crippen LogP contribution in [0.5, 0.6) is 5.75 Å². The first-order valence-corrected chi connectivity index (χ1v) is 12.2. The van der Waals surface area contributed by atoms with E-state index in [0.29, 0.717) is 11.7 Å². The first-order valence-electron chi connectivity index (χ1n) is 10.9. The second kappa shape index (κ2) is 8.96. The van der Waals surface area contributed by atoms with Gasteiger partial charge in [0.15, 0.2) is 10.2 Å². The molecule has 5 rings (SSSR count). The minimum Gasteiger partial charge on any atom is -0.494 e. The van der Waals surface area contributed by atoms with E-state index in [2.05, 4.69) is 62.9 Å². The largest absolute Gasteiger partial charge is 0.494 e. The molecule has 1 aliphatic rings. The van der Waals surface area contributed by atoms with Crippen molar-refractivity contribution < 1.29 is 4.74 Å². The molecule has 8 heteroatoms. The second-order valence-corrected chi connectivity index (χ2v) is 9.16. The molecule has 0 aliphatic carbocycles. The van der Waals surface area contributed by atoms with Crippen molar-refractivity contribution in [3.63, 3.8) is 0 Å². The number of thiocarbonyl (C=S) groups is 1. The van der Waals surface area contributed by atoms with E-state index < -0.39 is 0 Å². The van der Waals surface area contributed by atoms with Crippen LogP contribution in [-0.4, -0.2) is 26.3 Å². The number of aromatic nitrogens is 3. The first kappa shape index (κ1) is 21.6. The summed E-state index contributed by atoms with van der Waals surface area (Å²) in [6, 6.07) is 16.2. The maximum absolute atomic E-state index is 5.86. The van der Waals surface area contributed by atoms with E-state index in [9.17, 15) is 0 Å². The van der Waals surface area contributed by atoms with Crippen LogP contribution in [0.2, 0.25) is 0 Å². The van der Waals surface area contributed by atoms with Crippen LogP contribution in [0.3, 0.4) is 0 Å². The third kappa shape index (κ3) is 3.89. The van der Waals surface area contributed by atoms with Crippen LogP contribution < -0.4 is 15.0 Å². The highest BCUT2D eigenvalue weighted by Crippen LogP contribution is 2.44. The van der Waals surface area contributed by atoms with Crippen molar-refractivity contribution in [1.29, 1.82) is 0 Å². The Morgan fingerprint density at radius 3 is 2.58 bits per heavy atom. The van der Waals surface area contributed by atoms with Crippen LogP contribution in [0.15, 0.2) is 66.3 Å². The van der Waals surface area contributed by atoms with Gasteiger partial charge < -0.3 is 15.0 Å². The van der Waals surface area contributed by atoms with Gasteiger partial charge in [0.1, 0.15) is 5.75 Å². The van der Waals surface area contributed by atoms with Crippen LogP contribution in [0.1, 0.15) is 41.7 Å². The van der Waals surface area contributed by atoms with Gasteiger partial charge in [-0.1, -0.05) is 6.07 Å². The first-order chi connectivity index (χ1) is 16.1. The lowest BCUT2D eigenvalue weighted by Gasteiger charge is -2.28. The van der Waals surface area contributed by atoms with Crippen LogP contribution >= 0.6 is 23.6 Å². The lowest BCUT2D eigenvalue weighted by Crippen LogP contribution is -2.29. The standard InChI is InChI=1S/C25H25N5OS2/c1-4-31-19-10-8-18(9-11-19)30-23(22(28-24(30)32)21-7-5-6-12-26-21)20-15-16(2)29(17(20)3)25-27-13-14-33-25/h5-15,22-23H,4H2,1-3H3,(H,28,32)/t22-,23-/m0/s1. The monoisotopic (exact) mass is 475 g/mol. The summed E-state index contributed by atoms with van der Waals surface area (Å²) in [6.45, 7) is 6.89. The lowest BCUT2D eigenvalue weighted by molar-refractivity contribution is 0.340. The van der Waals surface area contributed by atoms with Crippen molar-refractivity contribution in [2.45, 2.75) is 32.9 Å². The molecule has 3 aromatic heterocycles. The lowest BCUT2D eigenvalue weighted by atomic mass is 9.96. The molecular weight excluding hydrogens is 450 g/mol. The topological polar surface area (TPSA) is 55.2 Å². The molecule has 6 nitrogen and oxygen atoms in total. The Balaban J connectivity index is 1.64. The summed E-state index contributed by atoms with van der Waals surface area (Å²) in [5.41, 5.74) is 5.45. The van der Waals surface area contributed by atoms with Crippen molar-refractivity contribution in [2.75, 3.05) is 11.5 Å². The zero-order chi connectivity index (χ0) is 22.9. The molecule has 0 spiro atoms. The van der Waals surface area contributed by atoms with Crippen molar-refractivity contribution >= 4 is 34.4 Å². The number of nitrogens with one attached hydrogen (secondary N) is 1. The predicted octanol–water partition coefficient (Wildman–Crippen LogP) is 5.52. The average Bonchev–Trinajstić information content (AvgIpc) is 3.53. The van der Waals surface area contributed by atoms with E-state index >= 15 is 0 Å². The van der Waals surface area contributed by atoms with E-state index in [1.165, 1.54) is 5.56 Å². The molecule has 1 aliphatic heterocycles. The Morgan fingerprint density at radius 1 is 1.09 bits per heavy atom. The van der Waals surface area contributed by atoms with E-state index in [4.69, 9.17) is 17.0 Å². The number of rotatable bonds is 6. The highest BCUT2D eigenvalue weighted by Gasteiger charge is 2.42. The zero-order valence-corrected chi connectivity index (χ0v) is 20.4. The molecule has 4 aromatic rings. The Kier molecular flexibility index (Phi) is 5.86. The number of anilines is 1. The van der Waals surface area contributed by atoms with Gasteiger partial charge in [-0.15, -0.1) is 11.3 Å². The molecule has 0 radical (unpaired) electrons. The number of hydrogen-bond donors (Lipinski definition) is 1.